The largest absolute Gasteiger partial charge is 0.316 e. The number of halogens is 1. The fourth-order valence-corrected chi connectivity index (χ4v) is 2.20. The SMILES string of the molecule is CC1(C(=O)Nc2ccc(Br)cn2)CCCNC1. The highest BCUT2D eigenvalue weighted by Gasteiger charge is 2.34. The first-order chi connectivity index (χ1) is 8.10. The number of pyridine rings is 1. The van der Waals surface area contributed by atoms with Crippen LogP contribution in [0.15, 0.2) is 22.8 Å². The first-order valence-electron chi connectivity index (χ1n) is 5.74. The average molecular weight is 298 g/mol. The topological polar surface area (TPSA) is 54.0 Å². The van der Waals surface area contributed by atoms with Crippen LogP contribution in [0.4, 0.5) is 5.82 Å². The van der Waals surface area contributed by atoms with Crippen molar-refractivity contribution in [3.05, 3.63) is 22.8 Å². The smallest absolute Gasteiger partial charge is 0.232 e. The number of hydrogen-bond donors (Lipinski definition) is 2. The predicted molar refractivity (Wildman–Crippen MR) is 70.8 cm³/mol. The van der Waals surface area contributed by atoms with Gasteiger partial charge in [0.15, 0.2) is 0 Å². The van der Waals surface area contributed by atoms with Gasteiger partial charge in [-0.1, -0.05) is 0 Å². The molecular formula is C12H16BrN3O. The molecule has 1 fully saturated rings. The quantitative estimate of drug-likeness (QED) is 0.880. The molecule has 1 aliphatic rings. The third-order valence-corrected chi connectivity index (χ3v) is 3.58. The molecule has 1 atom stereocenters. The van der Waals surface area contributed by atoms with Crippen molar-refractivity contribution < 1.29 is 4.79 Å². The van der Waals surface area contributed by atoms with Gasteiger partial charge in [-0.05, 0) is 54.4 Å². The van der Waals surface area contributed by atoms with E-state index >= 15 is 0 Å². The van der Waals surface area contributed by atoms with Crippen molar-refractivity contribution in [1.82, 2.24) is 10.3 Å². The molecule has 0 radical (unpaired) electrons. The first-order valence-corrected chi connectivity index (χ1v) is 6.53. The van der Waals surface area contributed by atoms with Gasteiger partial charge in [-0.25, -0.2) is 4.98 Å². The van der Waals surface area contributed by atoms with E-state index in [1.54, 1.807) is 12.3 Å². The summed E-state index contributed by atoms with van der Waals surface area (Å²) in [5, 5.41) is 6.13. The van der Waals surface area contributed by atoms with E-state index < -0.39 is 0 Å². The summed E-state index contributed by atoms with van der Waals surface area (Å²) in [5.41, 5.74) is -0.326. The number of carbonyl (C=O) groups is 1. The zero-order chi connectivity index (χ0) is 12.3. The van der Waals surface area contributed by atoms with Crippen molar-refractivity contribution in [1.29, 1.82) is 0 Å². The summed E-state index contributed by atoms with van der Waals surface area (Å²) >= 11 is 3.31. The number of hydrogen-bond acceptors (Lipinski definition) is 3. The molecule has 2 rings (SSSR count). The Morgan fingerprint density at radius 2 is 2.41 bits per heavy atom. The summed E-state index contributed by atoms with van der Waals surface area (Å²) in [4.78, 5) is 16.3. The molecule has 1 aliphatic heterocycles. The predicted octanol–water partition coefficient (Wildman–Crippen LogP) is 2.17. The minimum Gasteiger partial charge on any atom is -0.316 e. The molecule has 0 spiro atoms. The Hall–Kier alpha value is -0.940. The van der Waals surface area contributed by atoms with Crippen LogP contribution >= 0.6 is 15.9 Å². The lowest BCUT2D eigenvalue weighted by Crippen LogP contribution is -2.46. The van der Waals surface area contributed by atoms with Crippen molar-refractivity contribution in [3.8, 4) is 0 Å². The highest BCUT2D eigenvalue weighted by atomic mass is 79.9. The van der Waals surface area contributed by atoms with Gasteiger partial charge in [0.05, 0.1) is 5.41 Å². The standard InChI is InChI=1S/C12H16BrN3O/c1-12(5-2-6-14-8-12)11(17)16-10-4-3-9(13)7-15-10/h3-4,7,14H,2,5-6,8H2,1H3,(H,15,16,17). The van der Waals surface area contributed by atoms with Crippen molar-refractivity contribution >= 4 is 27.7 Å². The van der Waals surface area contributed by atoms with Crippen LogP contribution in [0.25, 0.3) is 0 Å². The van der Waals surface area contributed by atoms with E-state index in [1.807, 2.05) is 13.0 Å². The maximum atomic E-state index is 12.2. The van der Waals surface area contributed by atoms with Crippen LogP contribution in [-0.4, -0.2) is 24.0 Å². The van der Waals surface area contributed by atoms with Crippen LogP contribution in [0.1, 0.15) is 19.8 Å². The number of aromatic nitrogens is 1. The van der Waals surface area contributed by atoms with Crippen molar-refractivity contribution in [3.63, 3.8) is 0 Å². The molecule has 17 heavy (non-hydrogen) atoms. The zero-order valence-corrected chi connectivity index (χ0v) is 11.4. The van der Waals surface area contributed by atoms with Gasteiger partial charge in [0, 0.05) is 17.2 Å². The van der Waals surface area contributed by atoms with Gasteiger partial charge in [-0.15, -0.1) is 0 Å². The number of anilines is 1. The van der Waals surface area contributed by atoms with E-state index in [1.165, 1.54) is 0 Å². The third kappa shape index (κ3) is 3.04. The second-order valence-corrected chi connectivity index (χ2v) is 5.57. The number of rotatable bonds is 2. The molecule has 1 saturated heterocycles. The molecule has 0 aromatic carbocycles. The minimum atomic E-state index is -0.326. The Balaban J connectivity index is 2.03. The number of nitrogens with one attached hydrogen (secondary N) is 2. The molecule has 2 heterocycles. The maximum Gasteiger partial charge on any atom is 0.232 e. The average Bonchev–Trinajstić information content (AvgIpc) is 2.33. The van der Waals surface area contributed by atoms with Crippen LogP contribution in [0, 0.1) is 5.41 Å². The van der Waals surface area contributed by atoms with Crippen molar-refractivity contribution in [2.24, 2.45) is 5.41 Å². The molecule has 1 amide bonds. The highest BCUT2D eigenvalue weighted by Crippen LogP contribution is 2.27. The summed E-state index contributed by atoms with van der Waals surface area (Å²) < 4.78 is 0.904. The Kier molecular flexibility index (Phi) is 3.79. The van der Waals surface area contributed by atoms with Crippen LogP contribution < -0.4 is 10.6 Å². The van der Waals surface area contributed by atoms with Crippen LogP contribution in [-0.2, 0) is 4.79 Å². The Bertz CT molecular complexity index is 399. The minimum absolute atomic E-state index is 0.0412. The molecule has 1 aromatic heterocycles. The van der Waals surface area contributed by atoms with E-state index in [4.69, 9.17) is 0 Å². The molecule has 4 nitrogen and oxygen atoms in total. The third-order valence-electron chi connectivity index (χ3n) is 3.11. The Morgan fingerprint density at radius 1 is 1.59 bits per heavy atom. The number of carbonyl (C=O) groups excluding carboxylic acids is 1. The van der Waals surface area contributed by atoms with Gasteiger partial charge in [0.2, 0.25) is 5.91 Å². The van der Waals surface area contributed by atoms with Gasteiger partial charge >= 0.3 is 0 Å². The molecule has 0 saturated carbocycles. The second-order valence-electron chi connectivity index (χ2n) is 4.66. The molecule has 1 unspecified atom stereocenters. The summed E-state index contributed by atoms with van der Waals surface area (Å²) in [6, 6.07) is 3.66. The summed E-state index contributed by atoms with van der Waals surface area (Å²) in [7, 11) is 0. The second kappa shape index (κ2) is 5.14. The maximum absolute atomic E-state index is 12.2. The fraction of sp³-hybridized carbons (Fsp3) is 0.500. The molecule has 0 aliphatic carbocycles. The fourth-order valence-electron chi connectivity index (χ4n) is 1.97. The van der Waals surface area contributed by atoms with Gasteiger partial charge in [-0.3, -0.25) is 4.79 Å². The molecule has 5 heteroatoms. The first kappa shape index (κ1) is 12.5. The lowest BCUT2D eigenvalue weighted by atomic mass is 9.82. The molecular weight excluding hydrogens is 282 g/mol. The lowest BCUT2D eigenvalue weighted by Gasteiger charge is -2.32. The van der Waals surface area contributed by atoms with Crippen molar-refractivity contribution in [2.45, 2.75) is 19.8 Å². The van der Waals surface area contributed by atoms with E-state index in [9.17, 15) is 4.79 Å². The van der Waals surface area contributed by atoms with E-state index in [-0.39, 0.29) is 11.3 Å². The van der Waals surface area contributed by atoms with E-state index in [0.717, 1.165) is 30.4 Å². The van der Waals surface area contributed by atoms with E-state index in [2.05, 4.69) is 31.5 Å². The van der Waals surface area contributed by atoms with Gasteiger partial charge < -0.3 is 10.6 Å². The monoisotopic (exact) mass is 297 g/mol. The molecule has 1 aromatic rings. The molecule has 92 valence electrons. The Morgan fingerprint density at radius 3 is 3.00 bits per heavy atom. The summed E-state index contributed by atoms with van der Waals surface area (Å²) in [5.74, 6) is 0.643. The molecule has 0 bridgehead atoms. The summed E-state index contributed by atoms with van der Waals surface area (Å²) in [6.07, 6.45) is 3.64. The van der Waals surface area contributed by atoms with Gasteiger partial charge in [-0.2, -0.15) is 0 Å². The van der Waals surface area contributed by atoms with Gasteiger partial charge in [0.25, 0.3) is 0 Å². The van der Waals surface area contributed by atoms with E-state index in [0.29, 0.717) is 5.82 Å². The van der Waals surface area contributed by atoms with Crippen molar-refractivity contribution in [2.75, 3.05) is 18.4 Å². The van der Waals surface area contributed by atoms with Crippen LogP contribution in [0.3, 0.4) is 0 Å². The highest BCUT2D eigenvalue weighted by molar-refractivity contribution is 9.10. The summed E-state index contributed by atoms with van der Waals surface area (Å²) in [6.45, 7) is 3.72. The number of nitrogens with zero attached hydrogens (tertiary/aromatic N) is 1. The zero-order valence-electron chi connectivity index (χ0n) is 9.79. The van der Waals surface area contributed by atoms with Crippen LogP contribution in [0.2, 0.25) is 0 Å². The molecule has 2 N–H and O–H groups in total. The van der Waals surface area contributed by atoms with Crippen LogP contribution in [0.5, 0.6) is 0 Å². The Labute approximate surface area is 109 Å². The number of amides is 1. The lowest BCUT2D eigenvalue weighted by molar-refractivity contribution is -0.125. The van der Waals surface area contributed by atoms with Gasteiger partial charge in [0.1, 0.15) is 5.82 Å². The normalized spacial score (nSPS) is 24.4. The number of piperidine rings is 1.